The van der Waals surface area contributed by atoms with E-state index < -0.39 is 16.7 Å². The van der Waals surface area contributed by atoms with E-state index >= 15 is 0 Å². The van der Waals surface area contributed by atoms with Crippen LogP contribution in [0.3, 0.4) is 0 Å². The number of amides is 2. The fourth-order valence-electron chi connectivity index (χ4n) is 4.36. The van der Waals surface area contributed by atoms with Crippen molar-refractivity contribution < 1.29 is 14.5 Å². The number of hydrogen-bond acceptors (Lipinski definition) is 5. The maximum Gasteiger partial charge on any atom is 0.282 e. The minimum Gasteiger partial charge on any atom is -0.336 e. The molecular weight excluding hydrogens is 406 g/mol. The quantitative estimate of drug-likeness (QED) is 0.353. The van der Waals surface area contributed by atoms with Gasteiger partial charge in [0.2, 0.25) is 0 Å². The number of fused-ring (bicyclic) bond motifs is 1. The van der Waals surface area contributed by atoms with Crippen molar-refractivity contribution in [1.82, 2.24) is 0 Å². The van der Waals surface area contributed by atoms with Crippen LogP contribution in [-0.2, 0) is 16.0 Å². The molecule has 0 saturated carbocycles. The first-order chi connectivity index (χ1) is 15.6. The first-order valence-corrected chi connectivity index (χ1v) is 10.3. The number of rotatable bonds is 4. The second kappa shape index (κ2) is 7.77. The molecule has 0 N–H and O–H groups in total. The van der Waals surface area contributed by atoms with Gasteiger partial charge in [-0.05, 0) is 54.3 Å². The van der Waals surface area contributed by atoms with Gasteiger partial charge in [0, 0.05) is 24.4 Å². The number of para-hydroxylation sites is 2. The maximum atomic E-state index is 13.7. The van der Waals surface area contributed by atoms with Gasteiger partial charge in [-0.15, -0.1) is 0 Å². The molecule has 0 aliphatic carbocycles. The largest absolute Gasteiger partial charge is 0.336 e. The van der Waals surface area contributed by atoms with E-state index in [9.17, 15) is 19.7 Å². The molecule has 0 aromatic heterocycles. The Hall–Kier alpha value is -4.26. The van der Waals surface area contributed by atoms with E-state index in [0.29, 0.717) is 23.5 Å². The number of imide groups is 1. The van der Waals surface area contributed by atoms with E-state index in [1.165, 1.54) is 29.2 Å². The van der Waals surface area contributed by atoms with Crippen molar-refractivity contribution in [3.05, 3.63) is 106 Å². The SMILES string of the molecule is O=C1C(c2ccc([N+](=O)[O-])cc2)=C(N2CCCc3ccccc32)C(=O)N1c1ccccc1. The zero-order valence-corrected chi connectivity index (χ0v) is 17.1. The number of non-ortho nitro benzene ring substituents is 1. The predicted octanol–water partition coefficient (Wildman–Crippen LogP) is 4.33. The monoisotopic (exact) mass is 425 g/mol. The highest BCUT2D eigenvalue weighted by Crippen LogP contribution is 2.39. The number of hydrogen-bond donors (Lipinski definition) is 0. The van der Waals surface area contributed by atoms with Gasteiger partial charge >= 0.3 is 0 Å². The summed E-state index contributed by atoms with van der Waals surface area (Å²) in [5, 5.41) is 11.1. The van der Waals surface area contributed by atoms with Crippen LogP contribution in [-0.4, -0.2) is 23.3 Å². The van der Waals surface area contributed by atoms with Crippen molar-refractivity contribution in [2.75, 3.05) is 16.3 Å². The molecule has 0 spiro atoms. The molecule has 2 aliphatic rings. The molecule has 3 aromatic carbocycles. The maximum absolute atomic E-state index is 13.7. The van der Waals surface area contributed by atoms with Crippen molar-refractivity contribution in [2.45, 2.75) is 12.8 Å². The Labute approximate surface area is 184 Å². The van der Waals surface area contributed by atoms with Crippen LogP contribution < -0.4 is 9.80 Å². The third-order valence-electron chi connectivity index (χ3n) is 5.82. The van der Waals surface area contributed by atoms with Gasteiger partial charge in [-0.3, -0.25) is 19.7 Å². The molecule has 0 bridgehead atoms. The first kappa shape index (κ1) is 19.7. The lowest BCUT2D eigenvalue weighted by Gasteiger charge is -2.32. The van der Waals surface area contributed by atoms with E-state index in [1.807, 2.05) is 35.2 Å². The predicted molar refractivity (Wildman–Crippen MR) is 121 cm³/mol. The number of carbonyl (C=O) groups is 2. The van der Waals surface area contributed by atoms with E-state index in [-0.39, 0.29) is 11.3 Å². The van der Waals surface area contributed by atoms with Crippen LogP contribution in [0.5, 0.6) is 0 Å². The molecule has 5 rings (SSSR count). The Morgan fingerprint density at radius 2 is 1.50 bits per heavy atom. The van der Waals surface area contributed by atoms with Crippen LogP contribution in [0.25, 0.3) is 5.57 Å². The van der Waals surface area contributed by atoms with E-state index in [1.54, 1.807) is 24.3 Å². The lowest BCUT2D eigenvalue weighted by atomic mass is 9.98. The molecule has 2 heterocycles. The molecule has 7 nitrogen and oxygen atoms in total. The van der Waals surface area contributed by atoms with Crippen molar-refractivity contribution in [3.8, 4) is 0 Å². The Morgan fingerprint density at radius 1 is 0.812 bits per heavy atom. The van der Waals surface area contributed by atoms with Crippen LogP contribution in [0, 0.1) is 10.1 Å². The lowest BCUT2D eigenvalue weighted by Crippen LogP contribution is -2.37. The van der Waals surface area contributed by atoms with Crippen LogP contribution in [0.15, 0.2) is 84.6 Å². The van der Waals surface area contributed by atoms with Gasteiger partial charge in [0.25, 0.3) is 17.5 Å². The van der Waals surface area contributed by atoms with Crippen molar-refractivity contribution in [3.63, 3.8) is 0 Å². The molecule has 2 amide bonds. The summed E-state index contributed by atoms with van der Waals surface area (Å²) < 4.78 is 0. The van der Waals surface area contributed by atoms with Gasteiger partial charge in [0.1, 0.15) is 5.70 Å². The number of aryl methyl sites for hydroxylation is 1. The average Bonchev–Trinajstić information content (AvgIpc) is 3.09. The second-order valence-corrected chi connectivity index (χ2v) is 7.69. The zero-order chi connectivity index (χ0) is 22.2. The van der Waals surface area contributed by atoms with Crippen LogP contribution in [0.1, 0.15) is 17.5 Å². The minimum atomic E-state index is -0.488. The fraction of sp³-hybridized carbons (Fsp3) is 0.120. The van der Waals surface area contributed by atoms with Gasteiger partial charge in [-0.25, -0.2) is 4.90 Å². The molecule has 2 aliphatic heterocycles. The smallest absolute Gasteiger partial charge is 0.282 e. The molecule has 32 heavy (non-hydrogen) atoms. The van der Waals surface area contributed by atoms with E-state index in [0.717, 1.165) is 24.1 Å². The van der Waals surface area contributed by atoms with Crippen molar-refractivity contribution in [1.29, 1.82) is 0 Å². The molecule has 3 aromatic rings. The van der Waals surface area contributed by atoms with Gasteiger partial charge in [0.15, 0.2) is 0 Å². The summed E-state index contributed by atoms with van der Waals surface area (Å²) in [6.45, 7) is 0.602. The fourth-order valence-corrected chi connectivity index (χ4v) is 4.36. The highest BCUT2D eigenvalue weighted by molar-refractivity contribution is 6.46. The van der Waals surface area contributed by atoms with Gasteiger partial charge in [-0.1, -0.05) is 36.4 Å². The summed E-state index contributed by atoms with van der Waals surface area (Å²) >= 11 is 0. The molecule has 0 fully saturated rings. The lowest BCUT2D eigenvalue weighted by molar-refractivity contribution is -0.384. The highest BCUT2D eigenvalue weighted by atomic mass is 16.6. The normalized spacial score (nSPS) is 15.9. The molecule has 0 atom stereocenters. The Kier molecular flexibility index (Phi) is 4.78. The molecule has 7 heteroatoms. The van der Waals surface area contributed by atoms with Gasteiger partial charge in [0.05, 0.1) is 16.2 Å². The molecule has 0 unspecified atom stereocenters. The Balaban J connectivity index is 1.69. The standard InChI is InChI=1S/C25H19N3O4/c29-24-22(18-12-14-20(15-13-18)28(31)32)23(25(30)27(24)19-9-2-1-3-10-19)26-16-6-8-17-7-4-5-11-21(17)26/h1-5,7,9-15H,6,8,16H2. The number of nitro groups is 1. The van der Waals surface area contributed by atoms with Crippen LogP contribution in [0.2, 0.25) is 0 Å². The number of benzene rings is 3. The molecular formula is C25H19N3O4. The number of nitrogens with zero attached hydrogens (tertiary/aromatic N) is 3. The molecule has 158 valence electrons. The minimum absolute atomic E-state index is 0.0732. The van der Waals surface area contributed by atoms with Crippen molar-refractivity contribution in [2.24, 2.45) is 0 Å². The zero-order valence-electron chi connectivity index (χ0n) is 17.1. The summed E-state index contributed by atoms with van der Waals surface area (Å²) in [7, 11) is 0. The number of carbonyl (C=O) groups excluding carboxylic acids is 2. The van der Waals surface area contributed by atoms with Crippen molar-refractivity contribution >= 4 is 34.4 Å². The number of nitro benzene ring substituents is 1. The number of anilines is 2. The van der Waals surface area contributed by atoms with Crippen LogP contribution >= 0.6 is 0 Å². The Bertz CT molecular complexity index is 1270. The second-order valence-electron chi connectivity index (χ2n) is 7.69. The van der Waals surface area contributed by atoms with Gasteiger partial charge in [-0.2, -0.15) is 0 Å². The molecule has 0 radical (unpaired) electrons. The van der Waals surface area contributed by atoms with Gasteiger partial charge < -0.3 is 4.90 Å². The molecule has 0 saturated heterocycles. The Morgan fingerprint density at radius 3 is 2.22 bits per heavy atom. The summed E-state index contributed by atoms with van der Waals surface area (Å²) in [5.74, 6) is -0.834. The summed E-state index contributed by atoms with van der Waals surface area (Å²) in [4.78, 5) is 41.0. The summed E-state index contributed by atoms with van der Waals surface area (Å²) in [6, 6.07) is 22.4. The third-order valence-corrected chi connectivity index (χ3v) is 5.82. The topological polar surface area (TPSA) is 83.8 Å². The third kappa shape index (κ3) is 3.15. The van der Waals surface area contributed by atoms with E-state index in [4.69, 9.17) is 0 Å². The van der Waals surface area contributed by atoms with E-state index in [2.05, 4.69) is 0 Å². The average molecular weight is 425 g/mol. The summed E-state index contributed by atoms with van der Waals surface area (Å²) in [5.41, 5.74) is 3.48. The van der Waals surface area contributed by atoms with Crippen LogP contribution in [0.4, 0.5) is 17.1 Å². The summed E-state index contributed by atoms with van der Waals surface area (Å²) in [6.07, 6.45) is 1.75. The highest BCUT2D eigenvalue weighted by Gasteiger charge is 2.43. The first-order valence-electron chi connectivity index (χ1n) is 10.3.